The van der Waals surface area contributed by atoms with E-state index in [1.54, 1.807) is 0 Å². The second kappa shape index (κ2) is 10.6. The fourth-order valence-electron chi connectivity index (χ4n) is 6.79. The van der Waals surface area contributed by atoms with Crippen LogP contribution in [0.25, 0.3) is 21.8 Å². The molecular weight excluding hydrogens is 512 g/mol. The lowest BCUT2D eigenvalue weighted by Crippen LogP contribution is -2.00. The van der Waals surface area contributed by atoms with E-state index in [0.717, 1.165) is 60.9 Å². The number of pyridine rings is 2. The monoisotopic (exact) mass is 546 g/mol. The first-order valence-corrected chi connectivity index (χ1v) is 15.3. The smallest absolute Gasteiger partial charge is 0.0726 e. The zero-order chi connectivity index (χ0) is 27.9. The number of benzene rings is 4. The molecule has 0 amide bonds. The van der Waals surface area contributed by atoms with E-state index in [1.165, 1.54) is 68.6 Å². The quantitative estimate of drug-likeness (QED) is 0.210. The van der Waals surface area contributed by atoms with Crippen LogP contribution in [0, 0.1) is 0 Å². The van der Waals surface area contributed by atoms with E-state index in [9.17, 15) is 0 Å². The summed E-state index contributed by atoms with van der Waals surface area (Å²) in [5.74, 6) is 0. The van der Waals surface area contributed by atoms with Gasteiger partial charge in [0, 0.05) is 33.5 Å². The lowest BCUT2D eigenvalue weighted by Gasteiger charge is -2.15. The van der Waals surface area contributed by atoms with E-state index >= 15 is 0 Å². The van der Waals surface area contributed by atoms with Crippen molar-refractivity contribution in [2.24, 2.45) is 0 Å². The Kier molecular flexibility index (Phi) is 6.33. The molecule has 206 valence electrons. The van der Waals surface area contributed by atoms with Gasteiger partial charge in [0.15, 0.2) is 0 Å². The van der Waals surface area contributed by atoms with Gasteiger partial charge < -0.3 is 10.6 Å². The number of nitrogens with zero attached hydrogens (tertiary/aromatic N) is 2. The fraction of sp³-hybridized carbons (Fsp3) is 0.211. The van der Waals surface area contributed by atoms with Gasteiger partial charge in [0.2, 0.25) is 0 Å². The van der Waals surface area contributed by atoms with Gasteiger partial charge in [0.1, 0.15) is 0 Å². The molecule has 0 unspecified atom stereocenters. The second-order valence-corrected chi connectivity index (χ2v) is 11.7. The number of hydrogen-bond donors (Lipinski definition) is 2. The molecule has 42 heavy (non-hydrogen) atoms. The number of rotatable bonds is 7. The molecule has 0 aliphatic heterocycles. The SMILES string of the molecule is c1ccc2c(Nc3ccc(CCc4ccc(Nc5c6c(nc7ccccc57)CCC6)cc4)cc3)c3c(nc2c1)CCC3. The molecule has 6 aromatic rings. The van der Waals surface area contributed by atoms with Crippen LogP contribution in [0.2, 0.25) is 0 Å². The third-order valence-electron chi connectivity index (χ3n) is 8.99. The molecule has 4 aromatic carbocycles. The third-order valence-corrected chi connectivity index (χ3v) is 8.99. The van der Waals surface area contributed by atoms with Crippen molar-refractivity contribution in [3.8, 4) is 0 Å². The number of hydrogen-bond acceptors (Lipinski definition) is 4. The van der Waals surface area contributed by atoms with Gasteiger partial charge in [-0.2, -0.15) is 0 Å². The van der Waals surface area contributed by atoms with Crippen LogP contribution in [0.1, 0.15) is 46.5 Å². The molecule has 4 nitrogen and oxygen atoms in total. The number of fused-ring (bicyclic) bond motifs is 4. The van der Waals surface area contributed by atoms with E-state index in [1.807, 2.05) is 0 Å². The van der Waals surface area contributed by atoms with Crippen LogP contribution in [0.3, 0.4) is 0 Å². The van der Waals surface area contributed by atoms with Crippen molar-refractivity contribution >= 4 is 44.6 Å². The molecule has 2 aromatic heterocycles. The molecule has 2 aliphatic rings. The Labute approximate surface area is 246 Å². The van der Waals surface area contributed by atoms with E-state index in [0.29, 0.717) is 0 Å². The molecule has 0 saturated carbocycles. The van der Waals surface area contributed by atoms with Crippen LogP contribution >= 0.6 is 0 Å². The summed E-state index contributed by atoms with van der Waals surface area (Å²) in [7, 11) is 0. The fourth-order valence-corrected chi connectivity index (χ4v) is 6.79. The maximum atomic E-state index is 4.93. The molecule has 0 atom stereocenters. The Morgan fingerprint density at radius 1 is 0.476 bits per heavy atom. The van der Waals surface area contributed by atoms with E-state index in [2.05, 4.69) is 108 Å². The van der Waals surface area contributed by atoms with Crippen molar-refractivity contribution in [3.05, 3.63) is 131 Å². The minimum absolute atomic E-state index is 1.02. The molecule has 8 rings (SSSR count). The summed E-state index contributed by atoms with van der Waals surface area (Å²) in [6, 6.07) is 34.9. The summed E-state index contributed by atoms with van der Waals surface area (Å²) in [5.41, 5.74) is 14.9. The highest BCUT2D eigenvalue weighted by atomic mass is 14.9. The third kappa shape index (κ3) is 4.67. The van der Waals surface area contributed by atoms with Gasteiger partial charge in [-0.25, -0.2) is 0 Å². The van der Waals surface area contributed by atoms with Crippen molar-refractivity contribution in [2.75, 3.05) is 10.6 Å². The summed E-state index contributed by atoms with van der Waals surface area (Å²) >= 11 is 0. The van der Waals surface area contributed by atoms with Crippen LogP contribution in [0.5, 0.6) is 0 Å². The average Bonchev–Trinajstić information content (AvgIpc) is 3.71. The Hall–Kier alpha value is -4.70. The van der Waals surface area contributed by atoms with Gasteiger partial charge in [0.25, 0.3) is 0 Å². The van der Waals surface area contributed by atoms with Crippen LogP contribution in [-0.2, 0) is 38.5 Å². The Morgan fingerprint density at radius 2 is 0.905 bits per heavy atom. The van der Waals surface area contributed by atoms with Gasteiger partial charge >= 0.3 is 0 Å². The topological polar surface area (TPSA) is 49.8 Å². The lowest BCUT2D eigenvalue weighted by atomic mass is 10.0. The van der Waals surface area contributed by atoms with Crippen molar-refractivity contribution in [3.63, 3.8) is 0 Å². The first-order chi connectivity index (χ1) is 20.8. The zero-order valence-electron chi connectivity index (χ0n) is 23.8. The Morgan fingerprint density at radius 3 is 1.36 bits per heavy atom. The van der Waals surface area contributed by atoms with Crippen LogP contribution in [-0.4, -0.2) is 9.97 Å². The highest BCUT2D eigenvalue weighted by Gasteiger charge is 2.21. The molecule has 0 fully saturated rings. The standard InChI is InChI=1S/C38H34N4/c1-3-11-33-29(7-1)37(31-9-5-13-35(31)41-33)39-27-21-17-25(18-22-27)15-16-26-19-23-28(24-20-26)40-38-30-8-2-4-12-34(30)42-36-14-6-10-32(36)38/h1-4,7-8,11-12,17-24H,5-6,9-10,13-16H2,(H,39,41)(H,40,42). The van der Waals surface area contributed by atoms with Crippen LogP contribution < -0.4 is 10.6 Å². The summed E-state index contributed by atoms with van der Waals surface area (Å²) in [4.78, 5) is 9.86. The summed E-state index contributed by atoms with van der Waals surface area (Å²) in [5, 5.41) is 9.92. The van der Waals surface area contributed by atoms with Crippen LogP contribution in [0.4, 0.5) is 22.7 Å². The largest absolute Gasteiger partial charge is 0.355 e. The Balaban J connectivity index is 0.950. The molecular formula is C38H34N4. The molecule has 0 spiro atoms. The number of aryl methyl sites for hydroxylation is 4. The van der Waals surface area contributed by atoms with Gasteiger partial charge in [0.05, 0.1) is 22.4 Å². The molecule has 2 N–H and O–H groups in total. The maximum Gasteiger partial charge on any atom is 0.0726 e. The first-order valence-electron chi connectivity index (χ1n) is 15.3. The van der Waals surface area contributed by atoms with E-state index in [-0.39, 0.29) is 0 Å². The number of nitrogens with one attached hydrogen (secondary N) is 2. The first kappa shape index (κ1) is 25.0. The lowest BCUT2D eigenvalue weighted by molar-refractivity contribution is 0.901. The molecule has 2 heterocycles. The highest BCUT2D eigenvalue weighted by molar-refractivity contribution is 5.96. The van der Waals surface area contributed by atoms with Gasteiger partial charge in [-0.15, -0.1) is 0 Å². The number of anilines is 4. The van der Waals surface area contributed by atoms with Crippen molar-refractivity contribution in [2.45, 2.75) is 51.4 Å². The van der Waals surface area contributed by atoms with Crippen molar-refractivity contribution in [1.82, 2.24) is 9.97 Å². The minimum Gasteiger partial charge on any atom is -0.355 e. The number of para-hydroxylation sites is 2. The summed E-state index contributed by atoms with van der Waals surface area (Å²) in [6.07, 6.45) is 8.76. The van der Waals surface area contributed by atoms with Gasteiger partial charge in [-0.3, -0.25) is 9.97 Å². The zero-order valence-corrected chi connectivity index (χ0v) is 23.8. The predicted molar refractivity (Wildman–Crippen MR) is 174 cm³/mol. The van der Waals surface area contributed by atoms with Crippen molar-refractivity contribution in [1.29, 1.82) is 0 Å². The van der Waals surface area contributed by atoms with Gasteiger partial charge in [-0.05, 0) is 110 Å². The predicted octanol–water partition coefficient (Wildman–Crippen LogP) is 9.03. The Bertz CT molecular complexity index is 1780. The summed E-state index contributed by atoms with van der Waals surface area (Å²) < 4.78 is 0. The maximum absolute atomic E-state index is 4.93. The molecule has 4 heteroatoms. The van der Waals surface area contributed by atoms with Crippen LogP contribution in [0.15, 0.2) is 97.1 Å². The van der Waals surface area contributed by atoms with Gasteiger partial charge in [-0.1, -0.05) is 60.7 Å². The minimum atomic E-state index is 1.02. The highest BCUT2D eigenvalue weighted by Crippen LogP contribution is 2.37. The van der Waals surface area contributed by atoms with E-state index in [4.69, 9.17) is 9.97 Å². The summed E-state index contributed by atoms with van der Waals surface area (Å²) in [6.45, 7) is 0. The van der Waals surface area contributed by atoms with Crippen molar-refractivity contribution < 1.29 is 0 Å². The molecule has 0 radical (unpaired) electrons. The molecule has 0 bridgehead atoms. The molecule has 0 saturated heterocycles. The second-order valence-electron chi connectivity index (χ2n) is 11.7. The number of aromatic nitrogens is 2. The van der Waals surface area contributed by atoms with E-state index < -0.39 is 0 Å². The normalized spacial score (nSPS) is 13.8. The molecule has 2 aliphatic carbocycles. The average molecular weight is 547 g/mol.